The van der Waals surface area contributed by atoms with E-state index >= 15 is 0 Å². The average molecular weight is 495 g/mol. The van der Waals surface area contributed by atoms with E-state index in [9.17, 15) is 4.79 Å². The number of aromatic nitrogens is 2. The molecule has 0 spiro atoms. The minimum absolute atomic E-state index is 0.0738. The molecule has 0 radical (unpaired) electrons. The van der Waals surface area contributed by atoms with Gasteiger partial charge in [0.1, 0.15) is 10.7 Å². The van der Waals surface area contributed by atoms with Crippen LogP contribution in [0.1, 0.15) is 84.7 Å². The van der Waals surface area contributed by atoms with Gasteiger partial charge in [-0.3, -0.25) is 4.79 Å². The topological polar surface area (TPSA) is 58.1 Å². The number of piperidine rings is 1. The van der Waals surface area contributed by atoms with Gasteiger partial charge in [0.15, 0.2) is 0 Å². The Morgan fingerprint density at radius 3 is 2.91 bits per heavy atom. The second-order valence-electron chi connectivity index (χ2n) is 10.5. The summed E-state index contributed by atoms with van der Waals surface area (Å²) in [6, 6.07) is 8.84. The van der Waals surface area contributed by atoms with Crippen LogP contribution in [0.25, 0.3) is 10.2 Å². The largest absolute Gasteiger partial charge is 0.339 e. The second kappa shape index (κ2) is 8.28. The predicted molar refractivity (Wildman–Crippen MR) is 138 cm³/mol. The van der Waals surface area contributed by atoms with Crippen LogP contribution in [-0.2, 0) is 0 Å². The number of carbonyl (C=O) groups is 1. The molecule has 2 saturated heterocycles. The van der Waals surface area contributed by atoms with E-state index in [0.29, 0.717) is 28.5 Å². The highest BCUT2D eigenvalue weighted by atomic mass is 35.5. The first-order valence-corrected chi connectivity index (χ1v) is 13.7. The molecule has 1 aliphatic carbocycles. The third-order valence-corrected chi connectivity index (χ3v) is 9.60. The van der Waals surface area contributed by atoms with Gasteiger partial charge < -0.3 is 10.2 Å². The van der Waals surface area contributed by atoms with E-state index in [1.807, 2.05) is 31.0 Å². The van der Waals surface area contributed by atoms with E-state index in [4.69, 9.17) is 16.6 Å². The lowest BCUT2D eigenvalue weighted by molar-refractivity contribution is 0.0635. The van der Waals surface area contributed by atoms with Gasteiger partial charge in [0.25, 0.3) is 5.91 Å². The Labute approximate surface area is 209 Å². The summed E-state index contributed by atoms with van der Waals surface area (Å²) in [6.07, 6.45) is 6.67. The molecule has 1 aromatic carbocycles. The SMILES string of the molecule is CC[C@]12CC[C@H](C[C@@H](N(C)C(=O)c3ccc([C@H]4C[C@@H]4c4nc(C)nc5sccc45)c(Cl)c3)C1)N2. The molecule has 2 bridgehead atoms. The number of rotatable bonds is 5. The first-order valence-electron chi connectivity index (χ1n) is 12.4. The number of fused-ring (bicyclic) bond motifs is 3. The number of nitrogens with one attached hydrogen (secondary N) is 1. The summed E-state index contributed by atoms with van der Waals surface area (Å²) in [5.41, 5.74) is 3.14. The van der Waals surface area contributed by atoms with Crippen LogP contribution in [0.5, 0.6) is 0 Å². The lowest BCUT2D eigenvalue weighted by Crippen LogP contribution is -2.55. The third-order valence-electron chi connectivity index (χ3n) is 8.46. The Hall–Kier alpha value is -2.02. The van der Waals surface area contributed by atoms with Gasteiger partial charge in [0.2, 0.25) is 0 Å². The van der Waals surface area contributed by atoms with Crippen molar-refractivity contribution in [1.29, 1.82) is 0 Å². The molecule has 1 saturated carbocycles. The summed E-state index contributed by atoms with van der Waals surface area (Å²) in [5.74, 6) is 1.60. The van der Waals surface area contributed by atoms with Crippen molar-refractivity contribution in [2.24, 2.45) is 0 Å². The minimum atomic E-state index is 0.0738. The maximum atomic E-state index is 13.4. The minimum Gasteiger partial charge on any atom is -0.339 e. The van der Waals surface area contributed by atoms with Gasteiger partial charge in [-0.25, -0.2) is 9.97 Å². The summed E-state index contributed by atoms with van der Waals surface area (Å²) in [4.78, 5) is 25.8. The van der Waals surface area contributed by atoms with Crippen LogP contribution in [0.15, 0.2) is 29.6 Å². The Bertz CT molecular complexity index is 1270. The zero-order valence-electron chi connectivity index (χ0n) is 20.0. The van der Waals surface area contributed by atoms with E-state index in [1.54, 1.807) is 11.3 Å². The number of nitrogens with zero attached hydrogens (tertiary/aromatic N) is 3. The van der Waals surface area contributed by atoms with Crippen molar-refractivity contribution in [2.45, 2.75) is 81.8 Å². The van der Waals surface area contributed by atoms with E-state index in [-0.39, 0.29) is 17.5 Å². The van der Waals surface area contributed by atoms with Gasteiger partial charge in [0.05, 0.1) is 5.69 Å². The average Bonchev–Trinajstić information content (AvgIpc) is 3.37. The quantitative estimate of drug-likeness (QED) is 0.468. The maximum Gasteiger partial charge on any atom is 0.253 e. The van der Waals surface area contributed by atoms with Gasteiger partial charge in [-0.2, -0.15) is 0 Å². The van der Waals surface area contributed by atoms with Crippen LogP contribution in [0.2, 0.25) is 5.02 Å². The molecule has 5 atom stereocenters. The van der Waals surface area contributed by atoms with Gasteiger partial charge in [0, 0.05) is 46.6 Å². The fourth-order valence-electron chi connectivity index (χ4n) is 6.39. The third kappa shape index (κ3) is 3.75. The van der Waals surface area contributed by atoms with Crippen molar-refractivity contribution in [1.82, 2.24) is 20.2 Å². The number of hydrogen-bond acceptors (Lipinski definition) is 5. The number of thiophene rings is 1. The van der Waals surface area contributed by atoms with E-state index in [1.165, 1.54) is 12.8 Å². The Morgan fingerprint density at radius 2 is 2.12 bits per heavy atom. The maximum absolute atomic E-state index is 13.4. The smallest absolute Gasteiger partial charge is 0.253 e. The number of amides is 1. The van der Waals surface area contributed by atoms with Crippen molar-refractivity contribution in [3.63, 3.8) is 0 Å². The summed E-state index contributed by atoms with van der Waals surface area (Å²) >= 11 is 8.43. The molecule has 0 unspecified atom stereocenters. The molecule has 3 fully saturated rings. The monoisotopic (exact) mass is 494 g/mol. The molecule has 178 valence electrons. The van der Waals surface area contributed by atoms with Gasteiger partial charge in [-0.1, -0.05) is 24.6 Å². The highest BCUT2D eigenvalue weighted by Crippen LogP contribution is 2.57. The Kier molecular flexibility index (Phi) is 5.47. The molecular weight excluding hydrogens is 464 g/mol. The normalized spacial score (nSPS) is 30.0. The fourth-order valence-corrected chi connectivity index (χ4v) is 7.53. The van der Waals surface area contributed by atoms with Crippen LogP contribution >= 0.6 is 22.9 Å². The molecule has 4 heterocycles. The fraction of sp³-hybridized carbons (Fsp3) is 0.519. The first-order chi connectivity index (χ1) is 16.4. The first kappa shape index (κ1) is 22.4. The summed E-state index contributed by atoms with van der Waals surface area (Å²) in [5, 5.41) is 7.75. The molecule has 6 rings (SSSR count). The summed E-state index contributed by atoms with van der Waals surface area (Å²) < 4.78 is 0. The number of aryl methyl sites for hydroxylation is 1. The molecule has 1 amide bonds. The predicted octanol–water partition coefficient (Wildman–Crippen LogP) is 6.06. The zero-order chi connectivity index (χ0) is 23.6. The molecule has 3 aromatic rings. The molecule has 3 aliphatic rings. The van der Waals surface area contributed by atoms with E-state index in [2.05, 4.69) is 34.7 Å². The summed E-state index contributed by atoms with van der Waals surface area (Å²) in [7, 11) is 1.96. The lowest BCUT2D eigenvalue weighted by Gasteiger charge is -2.42. The molecular formula is C27H31ClN4OS. The van der Waals surface area contributed by atoms with Gasteiger partial charge in [-0.15, -0.1) is 11.3 Å². The summed E-state index contributed by atoms with van der Waals surface area (Å²) in [6.45, 7) is 4.22. The van der Waals surface area contributed by atoms with Crippen molar-refractivity contribution in [3.05, 3.63) is 57.3 Å². The van der Waals surface area contributed by atoms with E-state index in [0.717, 1.165) is 53.0 Å². The van der Waals surface area contributed by atoms with Crippen LogP contribution < -0.4 is 5.32 Å². The molecule has 2 aliphatic heterocycles. The number of carbonyl (C=O) groups excluding carboxylic acids is 1. The highest BCUT2D eigenvalue weighted by molar-refractivity contribution is 7.16. The standard InChI is InChI=1S/C27H31ClN4OS/c1-4-27-9-7-17(31-27)12-18(14-27)32(3)26(33)16-5-6-19(23(28)11-16)21-13-22(21)24-20-8-10-34-25(20)30-15(2)29-24/h5-6,8,10-11,17-18,21-22,31H,4,7,9,12-14H2,1-3H3/t17-,18-,21-,22+,27+/m1/s1. The van der Waals surface area contributed by atoms with Gasteiger partial charge >= 0.3 is 0 Å². The molecule has 2 aromatic heterocycles. The molecule has 7 heteroatoms. The Balaban J connectivity index is 1.20. The van der Waals surface area contributed by atoms with Crippen LogP contribution in [-0.4, -0.2) is 45.4 Å². The van der Waals surface area contributed by atoms with Crippen molar-refractivity contribution in [2.75, 3.05) is 7.05 Å². The number of halogens is 1. The van der Waals surface area contributed by atoms with E-state index < -0.39 is 0 Å². The van der Waals surface area contributed by atoms with Crippen molar-refractivity contribution < 1.29 is 4.79 Å². The zero-order valence-corrected chi connectivity index (χ0v) is 21.5. The molecule has 5 nitrogen and oxygen atoms in total. The van der Waals surface area contributed by atoms with Crippen molar-refractivity contribution in [3.8, 4) is 0 Å². The van der Waals surface area contributed by atoms with Crippen molar-refractivity contribution >= 4 is 39.1 Å². The van der Waals surface area contributed by atoms with Gasteiger partial charge in [-0.05, 0) is 80.5 Å². The van der Waals surface area contributed by atoms with Crippen LogP contribution in [0.3, 0.4) is 0 Å². The van der Waals surface area contributed by atoms with Crippen LogP contribution in [0.4, 0.5) is 0 Å². The number of benzene rings is 1. The second-order valence-corrected chi connectivity index (χ2v) is 11.8. The molecule has 1 N–H and O–H groups in total. The molecule has 34 heavy (non-hydrogen) atoms. The number of hydrogen-bond donors (Lipinski definition) is 1. The Morgan fingerprint density at radius 1 is 1.26 bits per heavy atom. The highest BCUT2D eigenvalue weighted by Gasteiger charge is 2.46. The van der Waals surface area contributed by atoms with Crippen LogP contribution in [0, 0.1) is 6.92 Å². The lowest BCUT2D eigenvalue weighted by atomic mass is 9.84.